The average molecular weight is 953 g/mol. The number of hydrogen-bond donors (Lipinski definition) is 3. The second kappa shape index (κ2) is 26.2. The van der Waals surface area contributed by atoms with Gasteiger partial charge in [-0.2, -0.15) is 0 Å². The Hall–Kier alpha value is -5.93. The molecule has 69 heavy (non-hydrogen) atoms. The summed E-state index contributed by atoms with van der Waals surface area (Å²) in [5, 5.41) is 9.05. The molecular formula is C56H68N6O6S. The van der Waals surface area contributed by atoms with Gasteiger partial charge in [0.25, 0.3) is 0 Å². The van der Waals surface area contributed by atoms with Crippen LogP contribution in [0.4, 0.5) is 5.69 Å². The summed E-state index contributed by atoms with van der Waals surface area (Å²) in [6.07, 6.45) is 7.15. The summed E-state index contributed by atoms with van der Waals surface area (Å²) in [7, 11) is 0. The lowest BCUT2D eigenvalue weighted by atomic mass is 10.0. The molecule has 6 aromatic rings. The third kappa shape index (κ3) is 14.3. The molecule has 4 aromatic carbocycles. The molecule has 0 spiro atoms. The maximum atomic E-state index is 13.6. The molecule has 3 heterocycles. The van der Waals surface area contributed by atoms with Crippen LogP contribution in [0, 0.1) is 20.8 Å². The van der Waals surface area contributed by atoms with Crippen molar-refractivity contribution in [3.8, 4) is 10.4 Å². The number of nitrogens with one attached hydrogen (secondary N) is 2. The largest absolute Gasteiger partial charge is 0.398 e. The third-order valence-electron chi connectivity index (χ3n) is 12.4. The zero-order chi connectivity index (χ0) is 48.4. The number of rotatable bonds is 25. The SMILES string of the molecule is CCn1c2ccc(CNCCOCCOCCOCCOCCNC(=O)C3CCCCN3C(=O)/C=C/C(C=Nc3ccccc3)=C(/N)c3ccc(C)c(C)c3)cc2c2ccc(-c3ccc(C)s3)cc21. The Morgan fingerprint density at radius 3 is 2.20 bits per heavy atom. The summed E-state index contributed by atoms with van der Waals surface area (Å²) < 4.78 is 25.2. The van der Waals surface area contributed by atoms with E-state index in [-0.39, 0.29) is 11.8 Å². The van der Waals surface area contributed by atoms with E-state index >= 15 is 0 Å². The van der Waals surface area contributed by atoms with Gasteiger partial charge in [0, 0.05) is 87.8 Å². The van der Waals surface area contributed by atoms with Crippen molar-refractivity contribution >= 4 is 62.6 Å². The van der Waals surface area contributed by atoms with Gasteiger partial charge in [-0.15, -0.1) is 11.3 Å². The Kier molecular flexibility index (Phi) is 19.3. The Balaban J connectivity index is 0.733. The lowest BCUT2D eigenvalue weighted by Crippen LogP contribution is -2.52. The van der Waals surface area contributed by atoms with Crippen LogP contribution in [0.25, 0.3) is 37.9 Å². The van der Waals surface area contributed by atoms with Crippen LogP contribution in [-0.4, -0.2) is 106 Å². The highest BCUT2D eigenvalue weighted by Crippen LogP contribution is 2.35. The topological polar surface area (TPSA) is 142 Å². The minimum Gasteiger partial charge on any atom is -0.398 e. The highest BCUT2D eigenvalue weighted by atomic mass is 32.1. The van der Waals surface area contributed by atoms with Crippen molar-refractivity contribution in [1.29, 1.82) is 0 Å². The van der Waals surface area contributed by atoms with Crippen LogP contribution in [0.2, 0.25) is 0 Å². The number of allylic oxidation sites excluding steroid dienone is 2. The molecule has 1 fully saturated rings. The number of likely N-dealkylation sites (tertiary alicyclic amines) is 1. The van der Waals surface area contributed by atoms with E-state index in [2.05, 4.69) is 89.5 Å². The van der Waals surface area contributed by atoms with Gasteiger partial charge in [-0.25, -0.2) is 0 Å². The van der Waals surface area contributed by atoms with Gasteiger partial charge in [0.05, 0.1) is 58.5 Å². The molecule has 0 saturated carbocycles. The van der Waals surface area contributed by atoms with Crippen molar-refractivity contribution in [1.82, 2.24) is 20.1 Å². The second-order valence-corrected chi connectivity index (χ2v) is 18.6. The number of aromatic nitrogens is 1. The summed E-state index contributed by atoms with van der Waals surface area (Å²) >= 11 is 1.84. The maximum absolute atomic E-state index is 13.6. The molecule has 2 amide bonds. The van der Waals surface area contributed by atoms with Crippen molar-refractivity contribution < 1.29 is 28.5 Å². The number of carbonyl (C=O) groups is 2. The van der Waals surface area contributed by atoms with Gasteiger partial charge in [-0.3, -0.25) is 14.6 Å². The van der Waals surface area contributed by atoms with Crippen molar-refractivity contribution in [2.24, 2.45) is 10.7 Å². The van der Waals surface area contributed by atoms with Crippen LogP contribution in [0.15, 0.2) is 120 Å². The first-order valence-electron chi connectivity index (χ1n) is 24.3. The van der Waals surface area contributed by atoms with E-state index in [0.717, 1.165) is 49.3 Å². The second-order valence-electron chi connectivity index (χ2n) is 17.3. The molecule has 7 rings (SSSR count). The van der Waals surface area contributed by atoms with Crippen molar-refractivity contribution in [3.63, 3.8) is 0 Å². The van der Waals surface area contributed by atoms with E-state index in [1.807, 2.05) is 66.8 Å². The smallest absolute Gasteiger partial charge is 0.247 e. The molecule has 13 heteroatoms. The fourth-order valence-electron chi connectivity index (χ4n) is 8.50. The van der Waals surface area contributed by atoms with Gasteiger partial charge in [0.1, 0.15) is 6.04 Å². The van der Waals surface area contributed by atoms with Gasteiger partial charge >= 0.3 is 0 Å². The van der Waals surface area contributed by atoms with Crippen LogP contribution < -0.4 is 16.4 Å². The number of para-hydroxylation sites is 1. The van der Waals surface area contributed by atoms with Gasteiger partial charge in [0.2, 0.25) is 11.8 Å². The molecule has 1 aliphatic heterocycles. The molecule has 364 valence electrons. The highest BCUT2D eigenvalue weighted by Gasteiger charge is 2.31. The van der Waals surface area contributed by atoms with E-state index in [4.69, 9.17) is 24.7 Å². The number of aryl methyl sites for hydroxylation is 4. The third-order valence-corrected chi connectivity index (χ3v) is 13.5. The Morgan fingerprint density at radius 2 is 1.49 bits per heavy atom. The lowest BCUT2D eigenvalue weighted by Gasteiger charge is -2.34. The van der Waals surface area contributed by atoms with E-state index in [1.54, 1.807) is 17.2 Å². The summed E-state index contributed by atoms with van der Waals surface area (Å²) in [5.74, 6) is -0.434. The summed E-state index contributed by atoms with van der Waals surface area (Å²) in [6.45, 7) is 15.4. The Labute approximate surface area is 411 Å². The van der Waals surface area contributed by atoms with Crippen LogP contribution in [0.3, 0.4) is 0 Å². The standard InChI is InChI=1S/C56H68N6O6S/c1-5-61-50-21-16-43(36-49(50)48-20-18-44(37-52(48)61)53-22-15-42(4)69-53)38-58-24-27-65-29-31-67-33-34-68-32-30-66-28-25-59-56(64)51-13-9-10-26-62(51)54(63)23-19-46(39-60-47-11-7-6-8-12-47)55(57)45-17-14-40(2)41(3)35-45/h6-8,11-12,14-23,35-37,39,51,58H,5,9-10,13,24-34,38,57H2,1-4H3,(H,59,64)/b23-19+,55-46-,60-39?. The molecule has 2 aromatic heterocycles. The molecule has 1 unspecified atom stereocenters. The van der Waals surface area contributed by atoms with Gasteiger partial charge in [-0.1, -0.05) is 48.5 Å². The predicted molar refractivity (Wildman–Crippen MR) is 281 cm³/mol. The number of thiophene rings is 1. The van der Waals surface area contributed by atoms with Gasteiger partial charge < -0.3 is 44.8 Å². The summed E-state index contributed by atoms with van der Waals surface area (Å²) in [5.41, 5.74) is 16.8. The van der Waals surface area contributed by atoms with Crippen LogP contribution in [0.5, 0.6) is 0 Å². The molecule has 0 bridgehead atoms. The number of ether oxygens (including phenoxy) is 4. The average Bonchev–Trinajstić information content (AvgIpc) is 3.95. The maximum Gasteiger partial charge on any atom is 0.247 e. The number of carbonyl (C=O) groups excluding carboxylic acids is 2. The van der Waals surface area contributed by atoms with E-state index in [1.165, 1.54) is 54.3 Å². The molecule has 0 aliphatic carbocycles. The number of hydrogen-bond acceptors (Lipinski definition) is 10. The van der Waals surface area contributed by atoms with E-state index in [0.29, 0.717) is 83.6 Å². The Morgan fingerprint density at radius 1 is 0.754 bits per heavy atom. The monoisotopic (exact) mass is 952 g/mol. The van der Waals surface area contributed by atoms with Crippen LogP contribution >= 0.6 is 11.3 Å². The number of nitrogens with zero attached hydrogens (tertiary/aromatic N) is 3. The number of piperidine rings is 1. The fraction of sp³-hybridized carbons (Fsp3) is 0.375. The minimum atomic E-state index is -0.562. The van der Waals surface area contributed by atoms with Crippen molar-refractivity contribution in [2.45, 2.75) is 66.1 Å². The zero-order valence-corrected chi connectivity index (χ0v) is 41.5. The summed E-state index contributed by atoms with van der Waals surface area (Å²) in [6, 6.07) is 33.1. The van der Waals surface area contributed by atoms with Crippen LogP contribution in [0.1, 0.15) is 53.3 Å². The first kappa shape index (κ1) is 50.9. The quantitative estimate of drug-likeness (QED) is 0.0223. The summed E-state index contributed by atoms with van der Waals surface area (Å²) in [4.78, 5) is 35.8. The molecule has 0 radical (unpaired) electrons. The lowest BCUT2D eigenvalue weighted by molar-refractivity contribution is -0.139. The van der Waals surface area contributed by atoms with E-state index < -0.39 is 6.04 Å². The van der Waals surface area contributed by atoms with Crippen molar-refractivity contribution in [2.75, 3.05) is 72.5 Å². The highest BCUT2D eigenvalue weighted by molar-refractivity contribution is 7.15. The number of aliphatic imine (C=N–C) groups is 1. The number of amides is 2. The zero-order valence-electron chi connectivity index (χ0n) is 40.6. The molecule has 1 atom stereocenters. The minimum absolute atomic E-state index is 0.186. The van der Waals surface area contributed by atoms with Gasteiger partial charge in [-0.05, 0) is 129 Å². The first-order chi connectivity index (χ1) is 33.7. The molecule has 4 N–H and O–H groups in total. The molecule has 1 aliphatic rings. The van der Waals surface area contributed by atoms with Crippen LogP contribution in [-0.2, 0) is 41.6 Å². The normalized spacial score (nSPS) is 14.7. The number of fused-ring (bicyclic) bond motifs is 3. The van der Waals surface area contributed by atoms with Crippen molar-refractivity contribution in [3.05, 3.63) is 142 Å². The predicted octanol–water partition coefficient (Wildman–Crippen LogP) is 9.45. The first-order valence-corrected chi connectivity index (χ1v) is 25.1. The number of benzene rings is 4. The molecule has 1 saturated heterocycles. The van der Waals surface area contributed by atoms with E-state index in [9.17, 15) is 9.59 Å². The fourth-order valence-corrected chi connectivity index (χ4v) is 9.37. The molecular weight excluding hydrogens is 885 g/mol. The van der Waals surface area contributed by atoms with Gasteiger partial charge in [0.15, 0.2) is 0 Å². The number of nitrogens with two attached hydrogens (primary N) is 1. The Bertz CT molecular complexity index is 2720. The molecule has 12 nitrogen and oxygen atoms in total.